The highest BCUT2D eigenvalue weighted by molar-refractivity contribution is 9.10. The van der Waals surface area contributed by atoms with E-state index in [-0.39, 0.29) is 6.04 Å². The minimum atomic E-state index is 0.165. The Balaban J connectivity index is 2.16. The van der Waals surface area contributed by atoms with Gasteiger partial charge in [0.1, 0.15) is 0 Å². The molecule has 0 aliphatic rings. The fourth-order valence-corrected chi connectivity index (χ4v) is 4.10. The zero-order chi connectivity index (χ0) is 15.2. The molecule has 0 spiro atoms. The summed E-state index contributed by atoms with van der Waals surface area (Å²) in [6.07, 6.45) is 0. The molecule has 0 saturated carbocycles. The SMILES string of the molecule is CCNC(CSc1ccccc1Br)c1cc(Cl)ccc1Cl. The smallest absolute Gasteiger partial charge is 0.0455 e. The second kappa shape index (κ2) is 8.44. The van der Waals surface area contributed by atoms with E-state index in [1.54, 1.807) is 11.8 Å². The Morgan fingerprint density at radius 1 is 1.19 bits per heavy atom. The van der Waals surface area contributed by atoms with Gasteiger partial charge in [-0.25, -0.2) is 0 Å². The van der Waals surface area contributed by atoms with E-state index >= 15 is 0 Å². The van der Waals surface area contributed by atoms with Crippen LogP contribution in [0.1, 0.15) is 18.5 Å². The molecule has 0 radical (unpaired) electrons. The molecule has 0 aliphatic heterocycles. The number of thioether (sulfide) groups is 1. The van der Waals surface area contributed by atoms with Crippen molar-refractivity contribution in [2.75, 3.05) is 12.3 Å². The van der Waals surface area contributed by atoms with Crippen molar-refractivity contribution in [2.45, 2.75) is 17.9 Å². The Bertz CT molecular complexity index is 607. The predicted molar refractivity (Wildman–Crippen MR) is 97.7 cm³/mol. The van der Waals surface area contributed by atoms with E-state index in [1.807, 2.05) is 30.3 Å². The van der Waals surface area contributed by atoms with Crippen molar-refractivity contribution >= 4 is 50.9 Å². The minimum Gasteiger partial charge on any atom is -0.309 e. The van der Waals surface area contributed by atoms with E-state index in [0.717, 1.165) is 27.4 Å². The Morgan fingerprint density at radius 3 is 2.67 bits per heavy atom. The molecular formula is C16H16BrCl2NS. The van der Waals surface area contributed by atoms with E-state index < -0.39 is 0 Å². The lowest BCUT2D eigenvalue weighted by Crippen LogP contribution is -2.23. The summed E-state index contributed by atoms with van der Waals surface area (Å²) in [6.45, 7) is 2.97. The summed E-state index contributed by atoms with van der Waals surface area (Å²) in [5.74, 6) is 0.885. The fraction of sp³-hybridized carbons (Fsp3) is 0.250. The van der Waals surface area contributed by atoms with Gasteiger partial charge in [-0.05, 0) is 58.4 Å². The standard InChI is InChI=1S/C16H16BrCl2NS/c1-2-20-15(12-9-11(18)7-8-14(12)19)10-21-16-6-4-3-5-13(16)17/h3-9,15,20H,2,10H2,1H3. The van der Waals surface area contributed by atoms with Crippen molar-refractivity contribution in [1.29, 1.82) is 0 Å². The zero-order valence-electron chi connectivity index (χ0n) is 11.6. The van der Waals surface area contributed by atoms with Gasteiger partial charge in [0.25, 0.3) is 0 Å². The quantitative estimate of drug-likeness (QED) is 0.575. The second-order valence-corrected chi connectivity index (χ2v) is 7.28. The molecule has 2 aromatic carbocycles. The Kier molecular flexibility index (Phi) is 6.90. The first-order valence-electron chi connectivity index (χ1n) is 6.67. The average Bonchev–Trinajstić information content (AvgIpc) is 2.48. The van der Waals surface area contributed by atoms with Gasteiger partial charge in [0.15, 0.2) is 0 Å². The zero-order valence-corrected chi connectivity index (χ0v) is 15.5. The first-order valence-corrected chi connectivity index (χ1v) is 9.21. The summed E-state index contributed by atoms with van der Waals surface area (Å²) in [5.41, 5.74) is 1.05. The van der Waals surface area contributed by atoms with Gasteiger partial charge in [-0.2, -0.15) is 0 Å². The minimum absolute atomic E-state index is 0.165. The molecule has 0 heterocycles. The fourth-order valence-electron chi connectivity index (χ4n) is 2.02. The van der Waals surface area contributed by atoms with Crippen LogP contribution in [0.4, 0.5) is 0 Å². The largest absolute Gasteiger partial charge is 0.309 e. The van der Waals surface area contributed by atoms with Gasteiger partial charge in [-0.1, -0.05) is 42.3 Å². The number of hydrogen-bond donors (Lipinski definition) is 1. The highest BCUT2D eigenvalue weighted by Crippen LogP contribution is 2.33. The summed E-state index contributed by atoms with van der Waals surface area (Å²) < 4.78 is 1.11. The number of rotatable bonds is 6. The van der Waals surface area contributed by atoms with Gasteiger partial charge in [0.2, 0.25) is 0 Å². The Labute approximate surface area is 148 Å². The highest BCUT2D eigenvalue weighted by atomic mass is 79.9. The summed E-state index contributed by atoms with van der Waals surface area (Å²) in [5, 5.41) is 4.94. The number of benzene rings is 2. The van der Waals surface area contributed by atoms with Crippen molar-refractivity contribution in [3.63, 3.8) is 0 Å². The van der Waals surface area contributed by atoms with E-state index in [1.165, 1.54) is 4.90 Å². The van der Waals surface area contributed by atoms with Crippen molar-refractivity contribution in [3.8, 4) is 0 Å². The van der Waals surface area contributed by atoms with Crippen LogP contribution in [-0.4, -0.2) is 12.3 Å². The lowest BCUT2D eigenvalue weighted by atomic mass is 10.1. The molecule has 0 amide bonds. The third-order valence-corrected chi connectivity index (χ3v) is 5.73. The molecule has 21 heavy (non-hydrogen) atoms. The third-order valence-electron chi connectivity index (χ3n) is 3.03. The van der Waals surface area contributed by atoms with Gasteiger partial charge >= 0.3 is 0 Å². The van der Waals surface area contributed by atoms with Gasteiger partial charge in [0, 0.05) is 31.2 Å². The molecule has 0 fully saturated rings. The molecule has 112 valence electrons. The van der Waals surface area contributed by atoms with E-state index in [9.17, 15) is 0 Å². The molecule has 1 unspecified atom stereocenters. The van der Waals surface area contributed by atoms with Crippen molar-refractivity contribution in [3.05, 3.63) is 62.5 Å². The molecule has 2 rings (SSSR count). The molecule has 1 atom stereocenters. The van der Waals surface area contributed by atoms with Gasteiger partial charge in [-0.15, -0.1) is 11.8 Å². The van der Waals surface area contributed by atoms with Gasteiger partial charge in [-0.3, -0.25) is 0 Å². The van der Waals surface area contributed by atoms with Gasteiger partial charge in [0.05, 0.1) is 0 Å². The number of halogens is 3. The lowest BCUT2D eigenvalue weighted by molar-refractivity contribution is 0.606. The monoisotopic (exact) mass is 403 g/mol. The molecule has 1 nitrogen and oxygen atoms in total. The normalized spacial score (nSPS) is 12.4. The first kappa shape index (κ1) is 17.2. The van der Waals surface area contributed by atoms with Crippen LogP contribution < -0.4 is 5.32 Å². The molecule has 5 heteroatoms. The van der Waals surface area contributed by atoms with Crippen LogP contribution in [-0.2, 0) is 0 Å². The van der Waals surface area contributed by atoms with Crippen LogP contribution in [0.25, 0.3) is 0 Å². The molecule has 2 aromatic rings. The second-order valence-electron chi connectivity index (χ2n) is 4.52. The molecule has 0 saturated heterocycles. The predicted octanol–water partition coefficient (Wildman–Crippen LogP) is 6.20. The van der Waals surface area contributed by atoms with Crippen LogP contribution >= 0.6 is 50.9 Å². The first-order chi connectivity index (χ1) is 10.1. The van der Waals surface area contributed by atoms with Crippen molar-refractivity contribution in [2.24, 2.45) is 0 Å². The van der Waals surface area contributed by atoms with Crippen LogP contribution in [0.5, 0.6) is 0 Å². The van der Waals surface area contributed by atoms with E-state index in [4.69, 9.17) is 23.2 Å². The Morgan fingerprint density at radius 2 is 1.95 bits per heavy atom. The van der Waals surface area contributed by atoms with Crippen LogP contribution in [0.2, 0.25) is 10.0 Å². The van der Waals surface area contributed by atoms with Crippen molar-refractivity contribution < 1.29 is 0 Å². The maximum absolute atomic E-state index is 6.32. The van der Waals surface area contributed by atoms with Crippen molar-refractivity contribution in [1.82, 2.24) is 5.32 Å². The van der Waals surface area contributed by atoms with Crippen LogP contribution in [0.3, 0.4) is 0 Å². The van der Waals surface area contributed by atoms with Crippen LogP contribution in [0, 0.1) is 0 Å². The lowest BCUT2D eigenvalue weighted by Gasteiger charge is -2.20. The maximum Gasteiger partial charge on any atom is 0.0455 e. The molecular weight excluding hydrogens is 389 g/mol. The molecule has 0 aliphatic carbocycles. The topological polar surface area (TPSA) is 12.0 Å². The molecule has 0 aromatic heterocycles. The van der Waals surface area contributed by atoms with Crippen LogP contribution in [0.15, 0.2) is 51.8 Å². The summed E-state index contributed by atoms with van der Waals surface area (Å²) in [7, 11) is 0. The highest BCUT2D eigenvalue weighted by Gasteiger charge is 2.15. The molecule has 0 bridgehead atoms. The maximum atomic E-state index is 6.32. The number of nitrogens with one attached hydrogen (secondary N) is 1. The average molecular weight is 405 g/mol. The Hall–Kier alpha value is -0.190. The van der Waals surface area contributed by atoms with E-state index in [0.29, 0.717) is 5.02 Å². The molecule has 1 N–H and O–H groups in total. The number of hydrogen-bond acceptors (Lipinski definition) is 2. The summed E-state index contributed by atoms with van der Waals surface area (Å²) >= 11 is 17.8. The summed E-state index contributed by atoms with van der Waals surface area (Å²) in [6, 6.07) is 14.0. The summed E-state index contributed by atoms with van der Waals surface area (Å²) in [4.78, 5) is 1.22. The van der Waals surface area contributed by atoms with E-state index in [2.05, 4.69) is 40.3 Å². The van der Waals surface area contributed by atoms with Gasteiger partial charge < -0.3 is 5.32 Å². The third kappa shape index (κ3) is 4.90.